The second kappa shape index (κ2) is 5.48. The Morgan fingerprint density at radius 3 is 2.47 bits per heavy atom. The van der Waals surface area contributed by atoms with Gasteiger partial charge in [0.05, 0.1) is 12.5 Å². The summed E-state index contributed by atoms with van der Waals surface area (Å²) < 4.78 is 8.93. The van der Waals surface area contributed by atoms with Crippen molar-refractivity contribution < 1.29 is 23.9 Å². The summed E-state index contributed by atoms with van der Waals surface area (Å²) in [5, 5.41) is 0. The number of carbonyl (C=O) groups excluding carboxylic acids is 3. The summed E-state index contributed by atoms with van der Waals surface area (Å²) >= 11 is 0. The molecule has 0 spiro atoms. The number of hydrogen-bond acceptors (Lipinski definition) is 5. The van der Waals surface area contributed by atoms with Gasteiger partial charge in [-0.25, -0.2) is 4.79 Å². The molecule has 0 saturated heterocycles. The molecule has 1 saturated carbocycles. The van der Waals surface area contributed by atoms with Crippen LogP contribution in [0.1, 0.15) is 32.6 Å². The predicted octanol–water partition coefficient (Wildman–Crippen LogP) is 1.45. The molecule has 0 radical (unpaired) electrons. The Balaban J connectivity index is 2.34. The highest BCUT2D eigenvalue weighted by Crippen LogP contribution is 2.22. The van der Waals surface area contributed by atoms with E-state index in [0.29, 0.717) is 25.7 Å². The Morgan fingerprint density at radius 1 is 1.33 bits per heavy atom. The van der Waals surface area contributed by atoms with Gasteiger partial charge in [-0.3, -0.25) is 9.59 Å². The van der Waals surface area contributed by atoms with E-state index in [1.807, 2.05) is 0 Å². The van der Waals surface area contributed by atoms with E-state index < -0.39 is 12.1 Å². The van der Waals surface area contributed by atoms with Crippen molar-refractivity contribution >= 4 is 17.9 Å². The first-order valence-corrected chi connectivity index (χ1v) is 5.03. The number of ketones is 1. The van der Waals surface area contributed by atoms with Gasteiger partial charge in [-0.1, -0.05) is 0 Å². The van der Waals surface area contributed by atoms with E-state index in [4.69, 9.17) is 0 Å². The van der Waals surface area contributed by atoms with Crippen LogP contribution in [0, 0.1) is 5.92 Å². The van der Waals surface area contributed by atoms with E-state index >= 15 is 0 Å². The molecular weight excluding hydrogens is 200 g/mol. The zero-order valence-electron chi connectivity index (χ0n) is 8.65. The SMILES string of the molecule is CCOC(=O)OC(=O)C1CCC(=O)CC1. The van der Waals surface area contributed by atoms with Gasteiger partial charge in [0.25, 0.3) is 0 Å². The van der Waals surface area contributed by atoms with Gasteiger partial charge in [-0.15, -0.1) is 0 Å². The summed E-state index contributed by atoms with van der Waals surface area (Å²) in [5.74, 6) is -0.761. The van der Waals surface area contributed by atoms with Crippen molar-refractivity contribution in [3.8, 4) is 0 Å². The first-order valence-electron chi connectivity index (χ1n) is 5.03. The maximum absolute atomic E-state index is 11.4. The molecule has 0 unspecified atom stereocenters. The van der Waals surface area contributed by atoms with Crippen LogP contribution in [0.3, 0.4) is 0 Å². The zero-order chi connectivity index (χ0) is 11.3. The van der Waals surface area contributed by atoms with Gasteiger partial charge in [0.15, 0.2) is 0 Å². The Morgan fingerprint density at radius 2 is 1.93 bits per heavy atom. The van der Waals surface area contributed by atoms with Gasteiger partial charge in [-0.2, -0.15) is 0 Å². The lowest BCUT2D eigenvalue weighted by atomic mass is 9.89. The molecule has 5 heteroatoms. The average Bonchev–Trinajstić information content (AvgIpc) is 2.18. The van der Waals surface area contributed by atoms with Crippen LogP contribution in [0.5, 0.6) is 0 Å². The van der Waals surface area contributed by atoms with Gasteiger partial charge in [0.1, 0.15) is 5.78 Å². The minimum Gasteiger partial charge on any atom is -0.434 e. The first kappa shape index (κ1) is 11.7. The van der Waals surface area contributed by atoms with Crippen molar-refractivity contribution in [3.63, 3.8) is 0 Å². The molecule has 0 aromatic heterocycles. The molecule has 0 aromatic carbocycles. The zero-order valence-corrected chi connectivity index (χ0v) is 8.65. The average molecular weight is 214 g/mol. The third kappa shape index (κ3) is 3.69. The van der Waals surface area contributed by atoms with E-state index in [2.05, 4.69) is 9.47 Å². The number of Topliss-reactive ketones (excluding diaryl/α,β-unsaturated/α-hetero) is 1. The summed E-state index contributed by atoms with van der Waals surface area (Å²) in [6, 6.07) is 0. The quantitative estimate of drug-likeness (QED) is 0.514. The smallest absolute Gasteiger partial charge is 0.434 e. The fourth-order valence-electron chi connectivity index (χ4n) is 1.49. The van der Waals surface area contributed by atoms with Gasteiger partial charge in [-0.05, 0) is 19.8 Å². The van der Waals surface area contributed by atoms with Crippen LogP contribution < -0.4 is 0 Å². The van der Waals surface area contributed by atoms with Gasteiger partial charge in [0.2, 0.25) is 0 Å². The second-order valence-electron chi connectivity index (χ2n) is 3.42. The minimum absolute atomic E-state index is 0.162. The largest absolute Gasteiger partial charge is 0.516 e. The van der Waals surface area contributed by atoms with Crippen LogP contribution in [-0.2, 0) is 19.1 Å². The molecule has 0 heterocycles. The monoisotopic (exact) mass is 214 g/mol. The highest BCUT2D eigenvalue weighted by molar-refractivity contribution is 5.86. The van der Waals surface area contributed by atoms with E-state index in [1.165, 1.54) is 0 Å². The van der Waals surface area contributed by atoms with Crippen molar-refractivity contribution in [1.29, 1.82) is 0 Å². The number of ether oxygens (including phenoxy) is 2. The number of rotatable bonds is 2. The fraction of sp³-hybridized carbons (Fsp3) is 0.700. The van der Waals surface area contributed by atoms with Crippen LogP contribution in [0.2, 0.25) is 0 Å². The maximum atomic E-state index is 11.4. The van der Waals surface area contributed by atoms with Crippen molar-refractivity contribution in [2.75, 3.05) is 6.61 Å². The topological polar surface area (TPSA) is 69.7 Å². The molecule has 1 aliphatic rings. The van der Waals surface area contributed by atoms with Gasteiger partial charge < -0.3 is 9.47 Å². The number of hydrogen-bond donors (Lipinski definition) is 0. The maximum Gasteiger partial charge on any atom is 0.516 e. The fourth-order valence-corrected chi connectivity index (χ4v) is 1.49. The molecular formula is C10H14O5. The van der Waals surface area contributed by atoms with Crippen molar-refractivity contribution in [2.24, 2.45) is 5.92 Å². The summed E-state index contributed by atoms with van der Waals surface area (Å²) in [4.78, 5) is 33.1. The normalized spacial score (nSPS) is 17.3. The Bertz CT molecular complexity index is 261. The third-order valence-electron chi connectivity index (χ3n) is 2.32. The molecule has 0 amide bonds. The molecule has 0 bridgehead atoms. The van der Waals surface area contributed by atoms with Crippen LogP contribution >= 0.6 is 0 Å². The molecule has 1 aliphatic carbocycles. The first-order chi connectivity index (χ1) is 7.13. The minimum atomic E-state index is -0.959. The number of carbonyl (C=O) groups is 3. The summed E-state index contributed by atoms with van der Waals surface area (Å²) in [7, 11) is 0. The molecule has 1 rings (SSSR count). The molecule has 0 aromatic rings. The highest BCUT2D eigenvalue weighted by atomic mass is 16.7. The Labute approximate surface area is 87.7 Å². The van der Waals surface area contributed by atoms with Crippen LogP contribution in [-0.4, -0.2) is 24.5 Å². The lowest BCUT2D eigenvalue weighted by molar-refractivity contribution is -0.146. The lowest BCUT2D eigenvalue weighted by Gasteiger charge is -2.18. The Hall–Kier alpha value is -1.39. The van der Waals surface area contributed by atoms with Crippen molar-refractivity contribution in [2.45, 2.75) is 32.6 Å². The Kier molecular flexibility index (Phi) is 4.27. The van der Waals surface area contributed by atoms with Gasteiger partial charge in [0, 0.05) is 12.8 Å². The third-order valence-corrected chi connectivity index (χ3v) is 2.32. The molecule has 5 nitrogen and oxygen atoms in total. The van der Waals surface area contributed by atoms with E-state index in [0.717, 1.165) is 0 Å². The highest BCUT2D eigenvalue weighted by Gasteiger charge is 2.27. The molecule has 1 fully saturated rings. The molecule has 0 atom stereocenters. The summed E-state index contributed by atoms with van der Waals surface area (Å²) in [5.41, 5.74) is 0. The van der Waals surface area contributed by atoms with Crippen LogP contribution in [0.4, 0.5) is 4.79 Å². The van der Waals surface area contributed by atoms with Gasteiger partial charge >= 0.3 is 12.1 Å². The van der Waals surface area contributed by atoms with E-state index in [9.17, 15) is 14.4 Å². The van der Waals surface area contributed by atoms with Crippen molar-refractivity contribution in [1.82, 2.24) is 0 Å². The molecule has 0 aliphatic heterocycles. The van der Waals surface area contributed by atoms with E-state index in [1.54, 1.807) is 6.92 Å². The van der Waals surface area contributed by atoms with Crippen molar-refractivity contribution in [3.05, 3.63) is 0 Å². The lowest BCUT2D eigenvalue weighted by Crippen LogP contribution is -2.26. The predicted molar refractivity (Wildman–Crippen MR) is 50.1 cm³/mol. The standard InChI is InChI=1S/C10H14O5/c1-2-14-10(13)15-9(12)7-3-5-8(11)6-4-7/h7H,2-6H2,1H3. The van der Waals surface area contributed by atoms with Crippen LogP contribution in [0.25, 0.3) is 0 Å². The summed E-state index contributed by atoms with van der Waals surface area (Å²) in [6.07, 6.45) is 0.763. The second-order valence-corrected chi connectivity index (χ2v) is 3.42. The van der Waals surface area contributed by atoms with E-state index in [-0.39, 0.29) is 18.3 Å². The summed E-state index contributed by atoms with van der Waals surface area (Å²) in [6.45, 7) is 1.81. The van der Waals surface area contributed by atoms with Crippen LogP contribution in [0.15, 0.2) is 0 Å². The molecule has 0 N–H and O–H groups in total. The number of esters is 1. The molecule has 15 heavy (non-hydrogen) atoms. The molecule has 84 valence electrons.